The normalized spacial score (nSPS) is 15.1. The lowest BCUT2D eigenvalue weighted by molar-refractivity contribution is 0.0701. The van der Waals surface area contributed by atoms with E-state index in [1.54, 1.807) is 54.7 Å². The van der Waals surface area contributed by atoms with Crippen molar-refractivity contribution < 1.29 is 23.1 Å². The summed E-state index contributed by atoms with van der Waals surface area (Å²) in [5.74, 6) is 1.83. The first-order valence-electron chi connectivity index (χ1n) is 11.8. The second kappa shape index (κ2) is 9.74. The molecule has 0 aliphatic carbocycles. The van der Waals surface area contributed by atoms with Crippen LogP contribution in [0.25, 0.3) is 11.0 Å². The number of carbonyl (C=O) groups excluding carboxylic acids is 1. The summed E-state index contributed by atoms with van der Waals surface area (Å²) in [5.41, 5.74) is 0.957. The lowest BCUT2D eigenvalue weighted by Crippen LogP contribution is -2.29. The summed E-state index contributed by atoms with van der Waals surface area (Å²) in [6.45, 7) is 4.98. The van der Waals surface area contributed by atoms with Crippen LogP contribution in [0, 0.1) is 5.92 Å². The van der Waals surface area contributed by atoms with Crippen molar-refractivity contribution >= 4 is 28.5 Å². The highest BCUT2D eigenvalue weighted by atomic mass is 35.5. The van der Waals surface area contributed by atoms with E-state index in [-0.39, 0.29) is 23.3 Å². The minimum absolute atomic E-state index is 0.0163. The summed E-state index contributed by atoms with van der Waals surface area (Å²) in [6.07, 6.45) is 2.45. The van der Waals surface area contributed by atoms with E-state index in [0.29, 0.717) is 51.3 Å². The molecule has 0 spiro atoms. The monoisotopic (exact) mass is 507 g/mol. The average Bonchev–Trinajstić information content (AvgIpc) is 3.47. The maximum atomic E-state index is 13.7. The van der Waals surface area contributed by atoms with Crippen molar-refractivity contribution in [1.29, 1.82) is 0 Å². The van der Waals surface area contributed by atoms with Gasteiger partial charge in [-0.3, -0.25) is 9.59 Å². The van der Waals surface area contributed by atoms with Gasteiger partial charge in [-0.15, -0.1) is 0 Å². The van der Waals surface area contributed by atoms with Crippen molar-refractivity contribution in [2.24, 2.45) is 5.92 Å². The standard InChI is InChI=1S/C28H26ClNO6/c1-16(2)10-12-35-22-8-6-17(13-23(22)33-3)25-24-26(31)20-14-18(29)7-9-21(20)36-27(24)28(32)30(25)15-19-5-4-11-34-19/h4-9,11,13-14,16,25H,10,12,15H2,1-3H3. The van der Waals surface area contributed by atoms with Crippen molar-refractivity contribution in [2.75, 3.05) is 13.7 Å². The number of hydrogen-bond donors (Lipinski definition) is 0. The minimum atomic E-state index is -0.712. The second-order valence-electron chi connectivity index (χ2n) is 9.17. The minimum Gasteiger partial charge on any atom is -0.493 e. The molecule has 0 saturated heterocycles. The predicted octanol–water partition coefficient (Wildman–Crippen LogP) is 6.22. The number of fused-ring (bicyclic) bond motifs is 2. The maximum Gasteiger partial charge on any atom is 0.291 e. The van der Waals surface area contributed by atoms with Gasteiger partial charge < -0.3 is 23.2 Å². The zero-order valence-electron chi connectivity index (χ0n) is 20.2. The number of amides is 1. The Bertz CT molecular complexity index is 1470. The molecule has 7 nitrogen and oxygen atoms in total. The van der Waals surface area contributed by atoms with E-state index < -0.39 is 11.9 Å². The van der Waals surface area contributed by atoms with E-state index in [0.717, 1.165) is 6.42 Å². The zero-order valence-corrected chi connectivity index (χ0v) is 21.0. The molecule has 1 atom stereocenters. The smallest absolute Gasteiger partial charge is 0.291 e. The van der Waals surface area contributed by atoms with Crippen LogP contribution in [0.15, 0.2) is 68.4 Å². The van der Waals surface area contributed by atoms with Crippen molar-refractivity contribution in [3.8, 4) is 11.5 Å². The molecule has 2 aromatic heterocycles. The number of ether oxygens (including phenoxy) is 2. The molecular formula is C28H26ClNO6. The maximum absolute atomic E-state index is 13.7. The summed E-state index contributed by atoms with van der Waals surface area (Å²) < 4.78 is 23.0. The van der Waals surface area contributed by atoms with E-state index in [1.165, 1.54) is 0 Å². The van der Waals surface area contributed by atoms with Gasteiger partial charge in [-0.05, 0) is 60.4 Å². The highest BCUT2D eigenvalue weighted by Gasteiger charge is 2.43. The fourth-order valence-electron chi connectivity index (χ4n) is 4.45. The molecule has 1 unspecified atom stereocenters. The summed E-state index contributed by atoms with van der Waals surface area (Å²) in [5, 5.41) is 0.729. The van der Waals surface area contributed by atoms with Crippen LogP contribution in [-0.4, -0.2) is 24.5 Å². The van der Waals surface area contributed by atoms with Crippen molar-refractivity contribution in [1.82, 2.24) is 4.90 Å². The third-order valence-electron chi connectivity index (χ3n) is 6.29. The molecule has 1 aliphatic heterocycles. The lowest BCUT2D eigenvalue weighted by atomic mass is 9.98. The molecule has 0 bridgehead atoms. The van der Waals surface area contributed by atoms with Gasteiger partial charge in [0.1, 0.15) is 11.3 Å². The Labute approximate surface area is 213 Å². The molecule has 0 N–H and O–H groups in total. The molecule has 0 fully saturated rings. The third-order valence-corrected chi connectivity index (χ3v) is 6.53. The van der Waals surface area contributed by atoms with Crippen LogP contribution in [0.3, 0.4) is 0 Å². The van der Waals surface area contributed by atoms with Crippen molar-refractivity contribution in [2.45, 2.75) is 32.9 Å². The van der Waals surface area contributed by atoms with Gasteiger partial charge in [0.2, 0.25) is 5.76 Å². The topological polar surface area (TPSA) is 82.1 Å². The Kier molecular flexibility index (Phi) is 6.49. The molecule has 186 valence electrons. The van der Waals surface area contributed by atoms with Crippen LogP contribution in [0.1, 0.15) is 53.8 Å². The van der Waals surface area contributed by atoms with Crippen molar-refractivity contribution in [3.63, 3.8) is 0 Å². The van der Waals surface area contributed by atoms with E-state index in [2.05, 4.69) is 13.8 Å². The van der Waals surface area contributed by atoms with Crippen LogP contribution >= 0.6 is 11.6 Å². The number of benzene rings is 2. The van der Waals surface area contributed by atoms with Crippen LogP contribution in [-0.2, 0) is 6.54 Å². The van der Waals surface area contributed by atoms with Gasteiger partial charge >= 0.3 is 0 Å². The summed E-state index contributed by atoms with van der Waals surface area (Å²) in [6, 6.07) is 13.1. The molecule has 0 saturated carbocycles. The fourth-order valence-corrected chi connectivity index (χ4v) is 4.62. The van der Waals surface area contributed by atoms with E-state index in [4.69, 9.17) is 29.9 Å². The molecule has 5 rings (SSSR count). The van der Waals surface area contributed by atoms with E-state index in [1.807, 2.05) is 12.1 Å². The van der Waals surface area contributed by atoms with Crippen LogP contribution < -0.4 is 14.9 Å². The number of carbonyl (C=O) groups is 1. The van der Waals surface area contributed by atoms with Gasteiger partial charge in [0, 0.05) is 5.02 Å². The lowest BCUT2D eigenvalue weighted by Gasteiger charge is -2.25. The summed E-state index contributed by atoms with van der Waals surface area (Å²) in [4.78, 5) is 28.8. The predicted molar refractivity (Wildman–Crippen MR) is 136 cm³/mol. The second-order valence-corrected chi connectivity index (χ2v) is 9.61. The number of furan rings is 1. The first-order valence-corrected chi connectivity index (χ1v) is 12.2. The van der Waals surface area contributed by atoms with E-state index in [9.17, 15) is 9.59 Å². The molecule has 1 aliphatic rings. The van der Waals surface area contributed by atoms with Crippen LogP contribution in [0.5, 0.6) is 11.5 Å². The first-order chi connectivity index (χ1) is 17.4. The Hall–Kier alpha value is -3.71. The highest BCUT2D eigenvalue weighted by Crippen LogP contribution is 2.42. The number of nitrogens with zero attached hydrogens (tertiary/aromatic N) is 1. The average molecular weight is 508 g/mol. The third kappa shape index (κ3) is 4.35. The Morgan fingerprint density at radius 1 is 1.08 bits per heavy atom. The highest BCUT2D eigenvalue weighted by molar-refractivity contribution is 6.31. The van der Waals surface area contributed by atoms with Gasteiger partial charge in [-0.2, -0.15) is 0 Å². The molecule has 3 heterocycles. The van der Waals surface area contributed by atoms with Crippen LogP contribution in [0.4, 0.5) is 0 Å². The molecule has 8 heteroatoms. The molecule has 0 radical (unpaired) electrons. The van der Waals surface area contributed by atoms with Crippen LogP contribution in [0.2, 0.25) is 5.02 Å². The number of rotatable bonds is 8. The molecule has 36 heavy (non-hydrogen) atoms. The van der Waals surface area contributed by atoms with Gasteiger partial charge in [0.25, 0.3) is 5.91 Å². The van der Waals surface area contributed by atoms with Gasteiger partial charge in [-0.25, -0.2) is 0 Å². The number of methoxy groups -OCH3 is 1. The van der Waals surface area contributed by atoms with E-state index >= 15 is 0 Å². The molecule has 4 aromatic rings. The molecule has 1 amide bonds. The number of halogens is 1. The Morgan fingerprint density at radius 2 is 1.92 bits per heavy atom. The molecule has 2 aromatic carbocycles. The van der Waals surface area contributed by atoms with Crippen molar-refractivity contribution in [3.05, 3.63) is 92.7 Å². The Balaban J connectivity index is 1.63. The summed E-state index contributed by atoms with van der Waals surface area (Å²) in [7, 11) is 1.56. The Morgan fingerprint density at radius 3 is 2.64 bits per heavy atom. The van der Waals surface area contributed by atoms with Gasteiger partial charge in [0.05, 0.1) is 43.5 Å². The molecular weight excluding hydrogens is 482 g/mol. The zero-order chi connectivity index (χ0) is 25.4. The largest absolute Gasteiger partial charge is 0.493 e. The fraction of sp³-hybridized carbons (Fsp3) is 0.286. The summed E-state index contributed by atoms with van der Waals surface area (Å²) >= 11 is 6.16. The SMILES string of the molecule is COc1cc(C2c3c(oc4ccc(Cl)cc4c3=O)C(=O)N2Cc2ccco2)ccc1OCCC(C)C. The quantitative estimate of drug-likeness (QED) is 0.281. The first kappa shape index (κ1) is 24.0. The number of hydrogen-bond acceptors (Lipinski definition) is 6. The van der Waals surface area contributed by atoms with Gasteiger partial charge in [-0.1, -0.05) is 31.5 Å². The van der Waals surface area contributed by atoms with Gasteiger partial charge in [0.15, 0.2) is 16.9 Å².